The number of nitrogens with zero attached hydrogens (tertiary/aromatic N) is 6. The average Bonchev–Trinajstić information content (AvgIpc) is 3.01. The van der Waals surface area contributed by atoms with E-state index in [1.165, 1.54) is 24.8 Å². The van der Waals surface area contributed by atoms with Gasteiger partial charge in [0.1, 0.15) is 11.6 Å². The van der Waals surface area contributed by atoms with Crippen LogP contribution in [0.15, 0.2) is 16.8 Å². The summed E-state index contributed by atoms with van der Waals surface area (Å²) in [4.78, 5) is 16.5. The van der Waals surface area contributed by atoms with E-state index in [2.05, 4.69) is 24.8 Å². The van der Waals surface area contributed by atoms with Crippen molar-refractivity contribution in [3.8, 4) is 0 Å². The van der Waals surface area contributed by atoms with E-state index in [4.69, 9.17) is 9.51 Å². The maximum atomic E-state index is 5.29. The van der Waals surface area contributed by atoms with Crippen LogP contribution in [0.25, 0.3) is 0 Å². The third kappa shape index (κ3) is 3.67. The van der Waals surface area contributed by atoms with Crippen LogP contribution in [-0.2, 0) is 6.54 Å². The molecule has 2 aliphatic rings. The first-order chi connectivity index (χ1) is 12.7. The van der Waals surface area contributed by atoms with Crippen molar-refractivity contribution in [2.75, 3.05) is 49.1 Å². The molecule has 7 nitrogen and oxygen atoms in total. The first-order valence-electron chi connectivity index (χ1n) is 9.68. The van der Waals surface area contributed by atoms with Gasteiger partial charge in [-0.3, -0.25) is 4.90 Å². The summed E-state index contributed by atoms with van der Waals surface area (Å²) in [6.07, 6.45) is 5.72. The van der Waals surface area contributed by atoms with Gasteiger partial charge in [0.15, 0.2) is 0 Å². The van der Waals surface area contributed by atoms with Gasteiger partial charge in [0, 0.05) is 57.6 Å². The highest BCUT2D eigenvalue weighted by Gasteiger charge is 2.22. The Hall–Kier alpha value is -2.15. The van der Waals surface area contributed by atoms with Crippen molar-refractivity contribution in [1.82, 2.24) is 20.0 Å². The smallest absolute Gasteiger partial charge is 0.227 e. The number of rotatable bonds is 4. The predicted molar refractivity (Wildman–Crippen MR) is 102 cm³/mol. The third-order valence-electron chi connectivity index (χ3n) is 5.53. The second-order valence-corrected chi connectivity index (χ2v) is 7.33. The van der Waals surface area contributed by atoms with Crippen LogP contribution < -0.4 is 9.80 Å². The van der Waals surface area contributed by atoms with Crippen molar-refractivity contribution in [2.24, 2.45) is 0 Å². The molecular weight excluding hydrogens is 328 g/mol. The molecule has 2 saturated heterocycles. The van der Waals surface area contributed by atoms with Gasteiger partial charge in [-0.05, 0) is 39.2 Å². The van der Waals surface area contributed by atoms with Gasteiger partial charge in [0.05, 0.1) is 5.69 Å². The third-order valence-corrected chi connectivity index (χ3v) is 5.53. The molecule has 0 aromatic carbocycles. The predicted octanol–water partition coefficient (Wildman–Crippen LogP) is 2.39. The van der Waals surface area contributed by atoms with Crippen molar-refractivity contribution in [2.45, 2.75) is 39.7 Å². The first kappa shape index (κ1) is 17.3. The van der Waals surface area contributed by atoms with Crippen molar-refractivity contribution in [3.05, 3.63) is 29.3 Å². The lowest BCUT2D eigenvalue weighted by molar-refractivity contribution is 0.247. The number of anilines is 2. The Morgan fingerprint density at radius 1 is 0.962 bits per heavy atom. The number of piperazine rings is 1. The van der Waals surface area contributed by atoms with Gasteiger partial charge in [0.25, 0.3) is 0 Å². The number of aryl methyl sites for hydroxylation is 2. The largest absolute Gasteiger partial charge is 0.361 e. The van der Waals surface area contributed by atoms with E-state index in [1.54, 1.807) is 0 Å². The van der Waals surface area contributed by atoms with E-state index >= 15 is 0 Å². The Morgan fingerprint density at radius 3 is 2.42 bits per heavy atom. The van der Waals surface area contributed by atoms with Crippen LogP contribution in [0.2, 0.25) is 0 Å². The zero-order valence-corrected chi connectivity index (χ0v) is 15.8. The fraction of sp³-hybridized carbons (Fsp3) is 0.632. The minimum Gasteiger partial charge on any atom is -0.361 e. The Morgan fingerprint density at radius 2 is 1.73 bits per heavy atom. The highest BCUT2D eigenvalue weighted by Crippen LogP contribution is 2.21. The Labute approximate surface area is 155 Å². The monoisotopic (exact) mass is 356 g/mol. The van der Waals surface area contributed by atoms with Crippen LogP contribution in [0.3, 0.4) is 0 Å². The van der Waals surface area contributed by atoms with Gasteiger partial charge in [-0.15, -0.1) is 0 Å². The molecule has 4 heterocycles. The number of hydrogen-bond acceptors (Lipinski definition) is 7. The minimum atomic E-state index is 0.889. The summed E-state index contributed by atoms with van der Waals surface area (Å²) >= 11 is 0. The van der Waals surface area contributed by atoms with Crippen molar-refractivity contribution >= 4 is 11.8 Å². The van der Waals surface area contributed by atoms with Gasteiger partial charge in [-0.25, -0.2) is 4.98 Å². The average molecular weight is 356 g/mol. The zero-order chi connectivity index (χ0) is 17.9. The molecule has 26 heavy (non-hydrogen) atoms. The van der Waals surface area contributed by atoms with Crippen LogP contribution >= 0.6 is 0 Å². The van der Waals surface area contributed by atoms with Crippen molar-refractivity contribution < 1.29 is 4.52 Å². The number of piperidine rings is 1. The van der Waals surface area contributed by atoms with E-state index in [9.17, 15) is 0 Å². The Kier molecular flexibility index (Phi) is 5.06. The zero-order valence-electron chi connectivity index (χ0n) is 15.8. The van der Waals surface area contributed by atoms with Crippen molar-refractivity contribution in [3.63, 3.8) is 0 Å². The molecule has 0 saturated carbocycles. The van der Waals surface area contributed by atoms with E-state index < -0.39 is 0 Å². The van der Waals surface area contributed by atoms with Crippen LogP contribution in [0.1, 0.15) is 36.3 Å². The lowest BCUT2D eigenvalue weighted by Gasteiger charge is -2.35. The first-order valence-corrected chi connectivity index (χ1v) is 9.68. The lowest BCUT2D eigenvalue weighted by Crippen LogP contribution is -2.46. The van der Waals surface area contributed by atoms with Crippen molar-refractivity contribution in [1.29, 1.82) is 0 Å². The van der Waals surface area contributed by atoms with Gasteiger partial charge in [-0.2, -0.15) is 4.98 Å². The maximum Gasteiger partial charge on any atom is 0.227 e. The molecule has 2 aromatic rings. The fourth-order valence-electron chi connectivity index (χ4n) is 3.85. The molecule has 2 fully saturated rings. The summed E-state index contributed by atoms with van der Waals surface area (Å²) in [7, 11) is 0. The summed E-state index contributed by atoms with van der Waals surface area (Å²) < 4.78 is 5.29. The Bertz CT molecular complexity index is 712. The fourth-order valence-corrected chi connectivity index (χ4v) is 3.85. The normalized spacial score (nSPS) is 19.2. The summed E-state index contributed by atoms with van der Waals surface area (Å²) in [5, 5.41) is 4.06. The molecule has 0 radical (unpaired) electrons. The number of aromatic nitrogens is 3. The highest BCUT2D eigenvalue weighted by molar-refractivity contribution is 5.44. The summed E-state index contributed by atoms with van der Waals surface area (Å²) in [5.74, 6) is 2.88. The molecule has 0 aliphatic carbocycles. The quantitative estimate of drug-likeness (QED) is 0.833. The van der Waals surface area contributed by atoms with Gasteiger partial charge >= 0.3 is 0 Å². The molecule has 0 N–H and O–H groups in total. The summed E-state index contributed by atoms with van der Waals surface area (Å²) in [6, 6.07) is 2.04. The molecular formula is C19H28N6O. The van der Waals surface area contributed by atoms with E-state index in [0.717, 1.165) is 69.0 Å². The molecule has 2 aromatic heterocycles. The second-order valence-electron chi connectivity index (χ2n) is 7.33. The Balaban J connectivity index is 1.37. The molecule has 2 aliphatic heterocycles. The molecule has 0 spiro atoms. The molecule has 0 atom stereocenters. The van der Waals surface area contributed by atoms with Crippen LogP contribution in [0.5, 0.6) is 0 Å². The van der Waals surface area contributed by atoms with Crippen LogP contribution in [0, 0.1) is 13.8 Å². The van der Waals surface area contributed by atoms with E-state index in [0.29, 0.717) is 0 Å². The molecule has 7 heteroatoms. The molecule has 140 valence electrons. The van der Waals surface area contributed by atoms with E-state index in [-0.39, 0.29) is 0 Å². The highest BCUT2D eigenvalue weighted by atomic mass is 16.5. The minimum absolute atomic E-state index is 0.889. The lowest BCUT2D eigenvalue weighted by atomic mass is 10.1. The second kappa shape index (κ2) is 7.61. The molecule has 0 amide bonds. The standard InChI is InChI=1S/C19H28N6O/c1-15-17(16(2)26-22-15)14-23-10-12-24(13-11-23)18-6-7-20-19(21-18)25-8-4-3-5-9-25/h6-7H,3-5,8-14H2,1-2H3. The molecule has 0 unspecified atom stereocenters. The molecule has 0 bridgehead atoms. The van der Waals surface area contributed by atoms with Gasteiger partial charge in [-0.1, -0.05) is 5.16 Å². The van der Waals surface area contributed by atoms with Crippen LogP contribution in [0.4, 0.5) is 11.8 Å². The SMILES string of the molecule is Cc1noc(C)c1CN1CCN(c2ccnc(N3CCCCC3)n2)CC1. The maximum absolute atomic E-state index is 5.29. The van der Waals surface area contributed by atoms with Gasteiger partial charge in [0.2, 0.25) is 5.95 Å². The topological polar surface area (TPSA) is 61.5 Å². The summed E-state index contributed by atoms with van der Waals surface area (Å²) in [6.45, 7) is 11.1. The van der Waals surface area contributed by atoms with Crippen LogP contribution in [-0.4, -0.2) is 59.3 Å². The van der Waals surface area contributed by atoms with Gasteiger partial charge < -0.3 is 14.3 Å². The van der Waals surface area contributed by atoms with E-state index in [1.807, 2.05) is 26.1 Å². The number of hydrogen-bond donors (Lipinski definition) is 0. The summed E-state index contributed by atoms with van der Waals surface area (Å²) in [5.41, 5.74) is 2.24. The molecule has 4 rings (SSSR count).